The van der Waals surface area contributed by atoms with Gasteiger partial charge < -0.3 is 10.2 Å². The van der Waals surface area contributed by atoms with Gasteiger partial charge in [-0.2, -0.15) is 0 Å². The minimum Gasteiger partial charge on any atom is -0.478 e. The van der Waals surface area contributed by atoms with Crippen molar-refractivity contribution in [3.63, 3.8) is 0 Å². The number of carboxylic acid groups (broad SMARTS) is 1. The second-order valence-electron chi connectivity index (χ2n) is 6.16. The van der Waals surface area contributed by atoms with Crippen LogP contribution in [0.5, 0.6) is 0 Å². The van der Waals surface area contributed by atoms with Gasteiger partial charge in [0.15, 0.2) is 0 Å². The average Bonchev–Trinajstić information content (AvgIpc) is 2.38. The summed E-state index contributed by atoms with van der Waals surface area (Å²) in [6, 6.07) is 0. The second-order valence-corrected chi connectivity index (χ2v) is 6.16. The maximum Gasteiger partial charge on any atom is 0.331 e. The smallest absolute Gasteiger partial charge is 0.331 e. The third kappa shape index (κ3) is 2.46. The molecule has 2 N–H and O–H groups in total. The fourth-order valence-corrected chi connectivity index (χ4v) is 3.90. The monoisotopic (exact) mass is 252 g/mol. The van der Waals surface area contributed by atoms with Gasteiger partial charge in [-0.3, -0.25) is 0 Å². The summed E-state index contributed by atoms with van der Waals surface area (Å²) >= 11 is 0. The molecule has 0 aromatic heterocycles. The summed E-state index contributed by atoms with van der Waals surface area (Å²) in [5.41, 5.74) is 0.584. The van der Waals surface area contributed by atoms with Crippen LogP contribution in [0.25, 0.3) is 0 Å². The first-order valence-corrected chi connectivity index (χ1v) is 7.09. The number of fused-ring (bicyclic) bond motifs is 1. The van der Waals surface area contributed by atoms with Crippen LogP contribution in [-0.2, 0) is 4.79 Å². The van der Waals surface area contributed by atoms with Crippen LogP contribution in [0.1, 0.15) is 39.5 Å². The van der Waals surface area contributed by atoms with Crippen LogP contribution in [0, 0.1) is 29.6 Å². The molecule has 0 aromatic carbocycles. The number of hydrogen-bond donors (Lipinski definition) is 2. The normalized spacial score (nSPS) is 37.6. The van der Waals surface area contributed by atoms with E-state index >= 15 is 0 Å². The molecule has 0 bridgehead atoms. The molecule has 1 fully saturated rings. The summed E-state index contributed by atoms with van der Waals surface area (Å²) < 4.78 is 0. The molecular formula is C15H24O3. The summed E-state index contributed by atoms with van der Waals surface area (Å²) in [7, 11) is 0. The zero-order valence-corrected chi connectivity index (χ0v) is 11.3. The molecule has 0 spiro atoms. The van der Waals surface area contributed by atoms with E-state index in [1.807, 2.05) is 6.08 Å². The Hall–Kier alpha value is -0.830. The van der Waals surface area contributed by atoms with E-state index < -0.39 is 5.97 Å². The first kappa shape index (κ1) is 13.6. The van der Waals surface area contributed by atoms with Crippen molar-refractivity contribution in [3.05, 3.63) is 11.6 Å². The van der Waals surface area contributed by atoms with Crippen LogP contribution in [-0.4, -0.2) is 22.8 Å². The zero-order valence-electron chi connectivity index (χ0n) is 11.3. The van der Waals surface area contributed by atoms with Crippen molar-refractivity contribution in [2.75, 3.05) is 6.61 Å². The number of carboxylic acids is 1. The van der Waals surface area contributed by atoms with Crippen LogP contribution < -0.4 is 0 Å². The molecule has 0 aliphatic heterocycles. The van der Waals surface area contributed by atoms with Crippen molar-refractivity contribution < 1.29 is 15.0 Å². The number of rotatable bonds is 3. The van der Waals surface area contributed by atoms with E-state index in [0.717, 1.165) is 12.8 Å². The second kappa shape index (κ2) is 5.43. The summed E-state index contributed by atoms with van der Waals surface area (Å²) in [6.45, 7) is 4.58. The Kier molecular flexibility index (Phi) is 4.10. The molecule has 2 aliphatic carbocycles. The molecule has 5 atom stereocenters. The van der Waals surface area contributed by atoms with E-state index in [1.165, 1.54) is 6.42 Å². The number of aliphatic hydroxyl groups excluding tert-OH is 1. The van der Waals surface area contributed by atoms with Crippen molar-refractivity contribution in [2.24, 2.45) is 29.6 Å². The summed E-state index contributed by atoms with van der Waals surface area (Å²) in [6.07, 6.45) is 6.04. The molecule has 0 aromatic rings. The number of allylic oxidation sites excluding steroid dienone is 1. The molecule has 0 amide bonds. The quantitative estimate of drug-likeness (QED) is 0.812. The predicted octanol–water partition coefficient (Wildman–Crippen LogP) is 2.70. The predicted molar refractivity (Wildman–Crippen MR) is 70.1 cm³/mol. The first-order valence-electron chi connectivity index (χ1n) is 7.09. The fourth-order valence-electron chi connectivity index (χ4n) is 3.90. The van der Waals surface area contributed by atoms with Crippen LogP contribution in [0.2, 0.25) is 0 Å². The molecule has 3 heteroatoms. The van der Waals surface area contributed by atoms with Gasteiger partial charge in [-0.05, 0) is 48.9 Å². The van der Waals surface area contributed by atoms with Gasteiger partial charge >= 0.3 is 5.97 Å². The Labute approximate surface area is 109 Å². The van der Waals surface area contributed by atoms with Crippen molar-refractivity contribution in [1.82, 2.24) is 0 Å². The van der Waals surface area contributed by atoms with Gasteiger partial charge in [0.1, 0.15) is 0 Å². The largest absolute Gasteiger partial charge is 0.478 e. The van der Waals surface area contributed by atoms with Crippen LogP contribution in [0.15, 0.2) is 11.6 Å². The molecule has 102 valence electrons. The van der Waals surface area contributed by atoms with Gasteiger partial charge in [-0.25, -0.2) is 4.79 Å². The lowest BCUT2D eigenvalue weighted by Crippen LogP contribution is -2.38. The Morgan fingerprint density at radius 1 is 1.44 bits per heavy atom. The van der Waals surface area contributed by atoms with Crippen LogP contribution in [0.4, 0.5) is 0 Å². The molecule has 0 radical (unpaired) electrons. The molecular weight excluding hydrogens is 228 g/mol. The summed E-state index contributed by atoms with van der Waals surface area (Å²) in [5.74, 6) is 1.61. The summed E-state index contributed by atoms with van der Waals surface area (Å²) in [5, 5.41) is 18.5. The van der Waals surface area contributed by atoms with E-state index in [2.05, 4.69) is 13.8 Å². The highest BCUT2D eigenvalue weighted by Crippen LogP contribution is 2.47. The van der Waals surface area contributed by atoms with Gasteiger partial charge in [-0.1, -0.05) is 26.3 Å². The average molecular weight is 252 g/mol. The minimum atomic E-state index is -0.762. The number of aliphatic carboxylic acids is 1. The van der Waals surface area contributed by atoms with E-state index in [1.54, 1.807) is 0 Å². The van der Waals surface area contributed by atoms with Crippen molar-refractivity contribution in [1.29, 1.82) is 0 Å². The lowest BCUT2D eigenvalue weighted by Gasteiger charge is -2.45. The summed E-state index contributed by atoms with van der Waals surface area (Å²) in [4.78, 5) is 11.1. The molecule has 0 heterocycles. The topological polar surface area (TPSA) is 57.5 Å². The maximum atomic E-state index is 11.1. The van der Waals surface area contributed by atoms with E-state index in [9.17, 15) is 9.90 Å². The van der Waals surface area contributed by atoms with Gasteiger partial charge in [0, 0.05) is 12.2 Å². The number of aliphatic hydroxyl groups is 1. The Balaban J connectivity index is 2.24. The fraction of sp³-hybridized carbons (Fsp3) is 0.800. The van der Waals surface area contributed by atoms with Gasteiger partial charge in [0.25, 0.3) is 0 Å². The molecule has 2 aliphatic rings. The molecule has 0 saturated heterocycles. The SMILES string of the molecule is C[C@@H]1CC[C@H]([C@@H](C)CO)[C@H]2C=C(C(=O)O)CC[C@@H]21. The number of carbonyl (C=O) groups is 1. The van der Waals surface area contributed by atoms with E-state index in [0.29, 0.717) is 35.7 Å². The highest BCUT2D eigenvalue weighted by molar-refractivity contribution is 5.86. The Morgan fingerprint density at radius 2 is 2.17 bits per heavy atom. The molecule has 3 nitrogen and oxygen atoms in total. The van der Waals surface area contributed by atoms with Crippen molar-refractivity contribution in [2.45, 2.75) is 39.5 Å². The van der Waals surface area contributed by atoms with Gasteiger partial charge in [0.05, 0.1) is 0 Å². The van der Waals surface area contributed by atoms with Crippen molar-refractivity contribution in [3.8, 4) is 0 Å². The standard InChI is InChI=1S/C15H24O3/c1-9-3-5-13(10(2)8-16)14-7-11(15(17)18)4-6-12(9)14/h7,9-10,12-14,16H,3-6,8H2,1-2H3,(H,17,18)/t9-,10+,12-,13-,14+/m1/s1. The maximum absolute atomic E-state index is 11.1. The highest BCUT2D eigenvalue weighted by Gasteiger charge is 2.40. The van der Waals surface area contributed by atoms with Crippen molar-refractivity contribution >= 4 is 5.97 Å². The molecule has 1 saturated carbocycles. The zero-order chi connectivity index (χ0) is 13.3. The molecule has 2 rings (SSSR count). The lowest BCUT2D eigenvalue weighted by molar-refractivity contribution is -0.133. The van der Waals surface area contributed by atoms with Gasteiger partial charge in [0.2, 0.25) is 0 Å². The van der Waals surface area contributed by atoms with Crippen LogP contribution >= 0.6 is 0 Å². The van der Waals surface area contributed by atoms with Crippen LogP contribution in [0.3, 0.4) is 0 Å². The third-order valence-corrected chi connectivity index (χ3v) is 5.11. The number of hydrogen-bond acceptors (Lipinski definition) is 2. The van der Waals surface area contributed by atoms with E-state index in [-0.39, 0.29) is 12.5 Å². The molecule has 18 heavy (non-hydrogen) atoms. The van der Waals surface area contributed by atoms with Gasteiger partial charge in [-0.15, -0.1) is 0 Å². The highest BCUT2D eigenvalue weighted by atomic mass is 16.4. The Bertz CT molecular complexity index is 348. The molecule has 0 unspecified atom stereocenters. The lowest BCUT2D eigenvalue weighted by atomic mass is 9.60. The minimum absolute atomic E-state index is 0.207. The third-order valence-electron chi connectivity index (χ3n) is 5.11. The van der Waals surface area contributed by atoms with E-state index in [4.69, 9.17) is 5.11 Å². The Morgan fingerprint density at radius 3 is 2.78 bits per heavy atom. The first-order chi connectivity index (χ1) is 8.54.